The molecular weight excluding hydrogens is 204 g/mol. The van der Waals surface area contributed by atoms with Crippen molar-refractivity contribution in [3.05, 3.63) is 0 Å². The van der Waals surface area contributed by atoms with Crippen molar-refractivity contribution in [3.63, 3.8) is 0 Å². The Morgan fingerprint density at radius 2 is 1.44 bits per heavy atom. The average Bonchev–Trinajstić information content (AvgIpc) is 2.16. The van der Waals surface area contributed by atoms with Gasteiger partial charge in [0.1, 0.15) is 0 Å². The van der Waals surface area contributed by atoms with Gasteiger partial charge in [0.2, 0.25) is 12.2 Å². The van der Waals surface area contributed by atoms with Gasteiger partial charge in [-0.15, -0.1) is 0 Å². The maximum atomic E-state index is 10.3. The molecule has 90 valence electrons. The Bertz CT molecular complexity index is 293. The first-order chi connectivity index (χ1) is 7.39. The van der Waals surface area contributed by atoms with Crippen molar-refractivity contribution in [2.75, 3.05) is 0 Å². The molecule has 0 aromatic heterocycles. The molecule has 0 aromatic carbocycles. The second-order valence-corrected chi connectivity index (χ2v) is 5.04. The highest BCUT2D eigenvalue weighted by Crippen LogP contribution is 2.32. The Kier molecular flexibility index (Phi) is 5.87. The highest BCUT2D eigenvalue weighted by Gasteiger charge is 2.27. The van der Waals surface area contributed by atoms with Gasteiger partial charge in [-0.2, -0.15) is 9.98 Å². The van der Waals surface area contributed by atoms with Gasteiger partial charge in [0, 0.05) is 0 Å². The lowest BCUT2D eigenvalue weighted by atomic mass is 9.81. The molecule has 0 spiro atoms. The maximum absolute atomic E-state index is 10.3. The zero-order chi connectivity index (χ0) is 12.7. The Morgan fingerprint density at radius 3 is 1.81 bits per heavy atom. The third kappa shape index (κ3) is 5.59. The lowest BCUT2D eigenvalue weighted by molar-refractivity contribution is 0.263. The predicted octanol–water partition coefficient (Wildman–Crippen LogP) is 2.98. The van der Waals surface area contributed by atoms with Gasteiger partial charge in [0.05, 0.1) is 0 Å². The molecule has 4 heteroatoms. The van der Waals surface area contributed by atoms with E-state index in [2.05, 4.69) is 30.8 Å². The SMILES string of the molecule is CCCC(C)(C)CCC(C)(N=C=O)N=C=O. The van der Waals surface area contributed by atoms with Gasteiger partial charge in [-0.1, -0.05) is 27.2 Å². The Morgan fingerprint density at radius 1 is 0.938 bits per heavy atom. The van der Waals surface area contributed by atoms with E-state index in [1.807, 2.05) is 0 Å². The Labute approximate surface area is 96.9 Å². The number of nitrogens with zero attached hydrogens (tertiary/aromatic N) is 2. The van der Waals surface area contributed by atoms with E-state index in [4.69, 9.17) is 0 Å². The summed E-state index contributed by atoms with van der Waals surface area (Å²) in [5.74, 6) is 0. The first kappa shape index (κ1) is 14.8. The summed E-state index contributed by atoms with van der Waals surface area (Å²) in [6, 6.07) is 0. The minimum Gasteiger partial charge on any atom is -0.211 e. The molecule has 0 aliphatic carbocycles. The molecule has 0 N–H and O–H groups in total. The zero-order valence-corrected chi connectivity index (χ0v) is 10.5. The largest absolute Gasteiger partial charge is 0.237 e. The average molecular weight is 224 g/mol. The molecular formula is C12H20N2O2. The number of rotatable bonds is 7. The minimum absolute atomic E-state index is 0.173. The number of carbonyl (C=O) groups excluding carboxylic acids is 2. The summed E-state index contributed by atoms with van der Waals surface area (Å²) in [7, 11) is 0. The topological polar surface area (TPSA) is 58.9 Å². The summed E-state index contributed by atoms with van der Waals surface area (Å²) >= 11 is 0. The van der Waals surface area contributed by atoms with Gasteiger partial charge >= 0.3 is 0 Å². The lowest BCUT2D eigenvalue weighted by Gasteiger charge is -2.27. The van der Waals surface area contributed by atoms with Crippen LogP contribution in [-0.2, 0) is 9.59 Å². The quantitative estimate of drug-likeness (QED) is 0.493. The molecule has 0 aliphatic rings. The van der Waals surface area contributed by atoms with Crippen LogP contribution in [0.25, 0.3) is 0 Å². The van der Waals surface area contributed by atoms with Crippen molar-refractivity contribution < 1.29 is 9.59 Å². The fourth-order valence-corrected chi connectivity index (χ4v) is 1.71. The van der Waals surface area contributed by atoms with Crippen molar-refractivity contribution in [2.45, 2.75) is 59.0 Å². The molecule has 0 saturated heterocycles. The maximum Gasteiger partial charge on any atom is 0.237 e. The molecule has 0 heterocycles. The van der Waals surface area contributed by atoms with E-state index in [0.29, 0.717) is 6.42 Å². The van der Waals surface area contributed by atoms with Crippen molar-refractivity contribution in [3.8, 4) is 0 Å². The smallest absolute Gasteiger partial charge is 0.211 e. The molecule has 0 fully saturated rings. The predicted molar refractivity (Wildman–Crippen MR) is 62.6 cm³/mol. The molecule has 0 unspecified atom stereocenters. The standard InChI is InChI=1S/C12H20N2O2/c1-5-6-11(2,3)7-8-12(4,13-9-15)14-10-16/h5-8H2,1-4H3. The number of hydrogen-bond donors (Lipinski definition) is 0. The molecule has 0 aromatic rings. The van der Waals surface area contributed by atoms with E-state index in [0.717, 1.165) is 19.3 Å². The summed E-state index contributed by atoms with van der Waals surface area (Å²) in [5.41, 5.74) is -0.818. The summed E-state index contributed by atoms with van der Waals surface area (Å²) < 4.78 is 0. The Balaban J connectivity index is 4.55. The second-order valence-electron chi connectivity index (χ2n) is 5.04. The van der Waals surface area contributed by atoms with Crippen LogP contribution in [-0.4, -0.2) is 17.8 Å². The van der Waals surface area contributed by atoms with E-state index < -0.39 is 5.66 Å². The van der Waals surface area contributed by atoms with E-state index >= 15 is 0 Å². The molecule has 0 atom stereocenters. The van der Waals surface area contributed by atoms with Gasteiger partial charge in [-0.3, -0.25) is 0 Å². The van der Waals surface area contributed by atoms with Crippen molar-refractivity contribution >= 4 is 12.2 Å². The number of hydrogen-bond acceptors (Lipinski definition) is 4. The van der Waals surface area contributed by atoms with Crippen LogP contribution in [0.4, 0.5) is 0 Å². The van der Waals surface area contributed by atoms with Crippen molar-refractivity contribution in [1.29, 1.82) is 0 Å². The minimum atomic E-state index is -0.992. The van der Waals surface area contributed by atoms with Gasteiger partial charge in [0.15, 0.2) is 5.66 Å². The van der Waals surface area contributed by atoms with Gasteiger partial charge in [-0.25, -0.2) is 9.59 Å². The molecule has 0 rings (SSSR count). The van der Waals surface area contributed by atoms with Gasteiger partial charge in [0.25, 0.3) is 0 Å². The van der Waals surface area contributed by atoms with Crippen LogP contribution < -0.4 is 0 Å². The molecule has 0 bridgehead atoms. The van der Waals surface area contributed by atoms with Crippen LogP contribution in [0.2, 0.25) is 0 Å². The first-order valence-corrected chi connectivity index (χ1v) is 5.57. The van der Waals surface area contributed by atoms with Crippen LogP contribution in [0.1, 0.15) is 53.4 Å². The molecule has 0 radical (unpaired) electrons. The monoisotopic (exact) mass is 224 g/mol. The molecule has 16 heavy (non-hydrogen) atoms. The van der Waals surface area contributed by atoms with Crippen LogP contribution >= 0.6 is 0 Å². The fraction of sp³-hybridized carbons (Fsp3) is 0.833. The normalized spacial score (nSPS) is 14.5. The van der Waals surface area contributed by atoms with E-state index in [1.165, 1.54) is 12.2 Å². The second kappa shape index (κ2) is 6.37. The molecule has 0 aliphatic heterocycles. The van der Waals surface area contributed by atoms with Crippen LogP contribution in [0.3, 0.4) is 0 Å². The molecule has 4 nitrogen and oxygen atoms in total. The van der Waals surface area contributed by atoms with Crippen LogP contribution in [0.5, 0.6) is 0 Å². The van der Waals surface area contributed by atoms with E-state index in [-0.39, 0.29) is 5.41 Å². The van der Waals surface area contributed by atoms with E-state index in [1.54, 1.807) is 6.92 Å². The van der Waals surface area contributed by atoms with Crippen LogP contribution in [0, 0.1) is 5.41 Å². The molecule has 0 amide bonds. The van der Waals surface area contributed by atoms with Crippen LogP contribution in [0.15, 0.2) is 9.98 Å². The summed E-state index contributed by atoms with van der Waals surface area (Å²) in [6.07, 6.45) is 6.55. The van der Waals surface area contributed by atoms with Crippen molar-refractivity contribution in [1.82, 2.24) is 0 Å². The van der Waals surface area contributed by atoms with E-state index in [9.17, 15) is 9.59 Å². The third-order valence-electron chi connectivity index (χ3n) is 2.78. The van der Waals surface area contributed by atoms with Gasteiger partial charge in [-0.05, 0) is 31.6 Å². The Hall–Kier alpha value is -1.24. The highest BCUT2D eigenvalue weighted by molar-refractivity contribution is 5.38. The summed E-state index contributed by atoms with van der Waals surface area (Å²) in [6.45, 7) is 8.09. The van der Waals surface area contributed by atoms with Gasteiger partial charge < -0.3 is 0 Å². The first-order valence-electron chi connectivity index (χ1n) is 5.57. The lowest BCUT2D eigenvalue weighted by Crippen LogP contribution is -2.23. The molecule has 0 saturated carbocycles. The zero-order valence-electron chi connectivity index (χ0n) is 10.5. The third-order valence-corrected chi connectivity index (χ3v) is 2.78. The summed E-state index contributed by atoms with van der Waals surface area (Å²) in [4.78, 5) is 27.7. The van der Waals surface area contributed by atoms with Crippen molar-refractivity contribution in [2.24, 2.45) is 15.4 Å². The highest BCUT2D eigenvalue weighted by atomic mass is 16.1. The summed E-state index contributed by atoms with van der Waals surface area (Å²) in [5, 5.41) is 0. The number of isocyanates is 2. The fourth-order valence-electron chi connectivity index (χ4n) is 1.71. The number of aliphatic imine (C=N–C) groups is 2.